The van der Waals surface area contributed by atoms with Gasteiger partial charge in [-0.05, 0) is 25.5 Å². The molecule has 3 nitrogen and oxygen atoms in total. The minimum atomic E-state index is 0.205. The van der Waals surface area contributed by atoms with E-state index in [1.54, 1.807) is 21.1 Å². The van der Waals surface area contributed by atoms with Crippen LogP contribution in [0.3, 0.4) is 0 Å². The fourth-order valence-electron chi connectivity index (χ4n) is 1.45. The molecule has 1 rings (SSSR count). The Hall–Kier alpha value is -1.77. The average molecular weight is 234 g/mol. The van der Waals surface area contributed by atoms with Gasteiger partial charge in [-0.25, -0.2) is 0 Å². The summed E-state index contributed by atoms with van der Waals surface area (Å²) in [4.78, 5) is 10.8. The van der Waals surface area contributed by atoms with Gasteiger partial charge in [0.1, 0.15) is 17.3 Å². The molecule has 0 amide bonds. The van der Waals surface area contributed by atoms with Crippen LogP contribution in [0.4, 0.5) is 0 Å². The van der Waals surface area contributed by atoms with Crippen molar-refractivity contribution in [2.75, 3.05) is 14.2 Å². The molecule has 0 radical (unpaired) electrons. The summed E-state index contributed by atoms with van der Waals surface area (Å²) in [7, 11) is 3.25. The van der Waals surface area contributed by atoms with Gasteiger partial charge in [-0.3, -0.25) is 0 Å². The maximum absolute atomic E-state index is 10.8. The van der Waals surface area contributed by atoms with Gasteiger partial charge in [-0.2, -0.15) is 0 Å². The lowest BCUT2D eigenvalue weighted by Gasteiger charge is -2.07. The van der Waals surface area contributed by atoms with E-state index in [0.717, 1.165) is 23.5 Å². The highest BCUT2D eigenvalue weighted by atomic mass is 16.5. The van der Waals surface area contributed by atoms with E-state index in [4.69, 9.17) is 9.47 Å². The number of rotatable bonds is 6. The summed E-state index contributed by atoms with van der Waals surface area (Å²) in [5.41, 5.74) is 0.983. The summed E-state index contributed by atoms with van der Waals surface area (Å²) in [5.74, 6) is 1.74. The monoisotopic (exact) mass is 234 g/mol. The third-order valence-electron chi connectivity index (χ3n) is 2.40. The molecule has 0 aromatic heterocycles. The first-order valence-electron chi connectivity index (χ1n) is 5.55. The highest BCUT2D eigenvalue weighted by molar-refractivity contribution is 5.75. The molecule has 0 aliphatic heterocycles. The molecule has 0 spiro atoms. The number of Topliss-reactive ketones (excluding diaryl/α,β-unsaturated/α-hetero) is 1. The molecule has 0 atom stereocenters. The van der Waals surface area contributed by atoms with E-state index in [1.807, 2.05) is 30.4 Å². The summed E-state index contributed by atoms with van der Waals surface area (Å²) in [6.07, 6.45) is 5.27. The Morgan fingerprint density at radius 1 is 1.29 bits per heavy atom. The van der Waals surface area contributed by atoms with Gasteiger partial charge in [-0.15, -0.1) is 0 Å². The summed E-state index contributed by atoms with van der Waals surface area (Å²) in [6, 6.07) is 5.65. The Morgan fingerprint density at radius 3 is 2.65 bits per heavy atom. The standard InChI is InChI=1S/C14H18O3/c1-11(15)6-4-5-7-12-8-9-13(16-2)10-14(12)17-3/h5,7-10H,4,6H2,1-3H3/b7-5+. The summed E-state index contributed by atoms with van der Waals surface area (Å²) >= 11 is 0. The minimum Gasteiger partial charge on any atom is -0.497 e. The van der Waals surface area contributed by atoms with Crippen LogP contribution in [-0.4, -0.2) is 20.0 Å². The molecule has 0 aliphatic carbocycles. The van der Waals surface area contributed by atoms with Gasteiger partial charge in [0.2, 0.25) is 0 Å². The van der Waals surface area contributed by atoms with E-state index >= 15 is 0 Å². The molecular weight excluding hydrogens is 216 g/mol. The van der Waals surface area contributed by atoms with Gasteiger partial charge >= 0.3 is 0 Å². The van der Waals surface area contributed by atoms with E-state index in [1.165, 1.54) is 0 Å². The zero-order valence-electron chi connectivity index (χ0n) is 10.5. The molecule has 0 saturated heterocycles. The van der Waals surface area contributed by atoms with Crippen molar-refractivity contribution in [2.45, 2.75) is 19.8 Å². The molecule has 92 valence electrons. The van der Waals surface area contributed by atoms with Crippen molar-refractivity contribution in [3.8, 4) is 11.5 Å². The highest BCUT2D eigenvalue weighted by Gasteiger charge is 2.01. The van der Waals surface area contributed by atoms with Crippen molar-refractivity contribution in [3.05, 3.63) is 29.8 Å². The molecule has 0 bridgehead atoms. The van der Waals surface area contributed by atoms with Crippen LogP contribution in [0.1, 0.15) is 25.3 Å². The maximum Gasteiger partial charge on any atom is 0.130 e. The van der Waals surface area contributed by atoms with E-state index < -0.39 is 0 Å². The SMILES string of the molecule is COc1ccc(/C=C/CCC(C)=O)c(OC)c1. The van der Waals surface area contributed by atoms with E-state index in [2.05, 4.69) is 0 Å². The number of benzene rings is 1. The predicted octanol–water partition coefficient (Wildman–Crippen LogP) is 3.09. The maximum atomic E-state index is 10.8. The minimum absolute atomic E-state index is 0.205. The molecule has 17 heavy (non-hydrogen) atoms. The number of ether oxygens (including phenoxy) is 2. The molecular formula is C14H18O3. The number of carbonyl (C=O) groups excluding carboxylic acids is 1. The van der Waals surface area contributed by atoms with Crippen molar-refractivity contribution < 1.29 is 14.3 Å². The van der Waals surface area contributed by atoms with Crippen molar-refractivity contribution in [3.63, 3.8) is 0 Å². The molecule has 1 aromatic carbocycles. The fourth-order valence-corrected chi connectivity index (χ4v) is 1.45. The van der Waals surface area contributed by atoms with E-state index in [-0.39, 0.29) is 5.78 Å². The van der Waals surface area contributed by atoms with Gasteiger partial charge in [-0.1, -0.05) is 12.2 Å². The smallest absolute Gasteiger partial charge is 0.130 e. The Labute approximate surface area is 102 Å². The molecule has 0 saturated carbocycles. The third-order valence-corrected chi connectivity index (χ3v) is 2.40. The first kappa shape index (κ1) is 13.3. The second-order valence-corrected chi connectivity index (χ2v) is 3.75. The molecule has 0 aliphatic rings. The first-order chi connectivity index (χ1) is 8.17. The number of allylic oxidation sites excluding steroid dienone is 1. The lowest BCUT2D eigenvalue weighted by Crippen LogP contribution is -1.90. The average Bonchev–Trinajstić information content (AvgIpc) is 2.34. The van der Waals surface area contributed by atoms with Crippen molar-refractivity contribution in [2.24, 2.45) is 0 Å². The summed E-state index contributed by atoms with van der Waals surface area (Å²) < 4.78 is 10.4. The van der Waals surface area contributed by atoms with Crippen LogP contribution in [0.25, 0.3) is 6.08 Å². The number of hydrogen-bond donors (Lipinski definition) is 0. The van der Waals surface area contributed by atoms with Crippen LogP contribution in [0.2, 0.25) is 0 Å². The Kier molecular flexibility index (Phi) is 5.27. The van der Waals surface area contributed by atoms with E-state index in [0.29, 0.717) is 6.42 Å². The number of carbonyl (C=O) groups is 1. The Morgan fingerprint density at radius 2 is 2.06 bits per heavy atom. The molecule has 3 heteroatoms. The summed E-state index contributed by atoms with van der Waals surface area (Å²) in [5, 5.41) is 0. The number of ketones is 1. The lowest BCUT2D eigenvalue weighted by molar-refractivity contribution is -0.116. The third kappa shape index (κ3) is 4.31. The fraction of sp³-hybridized carbons (Fsp3) is 0.357. The lowest BCUT2D eigenvalue weighted by atomic mass is 10.1. The second-order valence-electron chi connectivity index (χ2n) is 3.75. The Bertz CT molecular complexity index is 408. The Balaban J connectivity index is 2.73. The second kappa shape index (κ2) is 6.74. The molecule has 0 heterocycles. The quantitative estimate of drug-likeness (QED) is 0.758. The van der Waals surface area contributed by atoms with Gasteiger partial charge in [0.25, 0.3) is 0 Å². The normalized spacial score (nSPS) is 10.5. The first-order valence-corrected chi connectivity index (χ1v) is 5.55. The van der Waals surface area contributed by atoms with Gasteiger partial charge in [0.15, 0.2) is 0 Å². The van der Waals surface area contributed by atoms with Crippen LogP contribution in [0, 0.1) is 0 Å². The zero-order chi connectivity index (χ0) is 12.7. The number of hydrogen-bond acceptors (Lipinski definition) is 3. The zero-order valence-corrected chi connectivity index (χ0v) is 10.5. The van der Waals surface area contributed by atoms with Crippen molar-refractivity contribution in [1.29, 1.82) is 0 Å². The topological polar surface area (TPSA) is 35.5 Å². The molecule has 1 aromatic rings. The van der Waals surface area contributed by atoms with Crippen LogP contribution in [0.5, 0.6) is 11.5 Å². The van der Waals surface area contributed by atoms with Gasteiger partial charge < -0.3 is 14.3 Å². The van der Waals surface area contributed by atoms with Gasteiger partial charge in [0.05, 0.1) is 14.2 Å². The van der Waals surface area contributed by atoms with E-state index in [9.17, 15) is 4.79 Å². The van der Waals surface area contributed by atoms with Crippen molar-refractivity contribution >= 4 is 11.9 Å². The molecule has 0 unspecified atom stereocenters. The van der Waals surface area contributed by atoms with Crippen LogP contribution < -0.4 is 9.47 Å². The van der Waals surface area contributed by atoms with Crippen LogP contribution in [-0.2, 0) is 4.79 Å². The molecule has 0 N–H and O–H groups in total. The summed E-state index contributed by atoms with van der Waals surface area (Å²) in [6.45, 7) is 1.60. The molecule has 0 fully saturated rings. The van der Waals surface area contributed by atoms with Crippen molar-refractivity contribution in [1.82, 2.24) is 0 Å². The largest absolute Gasteiger partial charge is 0.497 e. The van der Waals surface area contributed by atoms with Crippen LogP contribution in [0.15, 0.2) is 24.3 Å². The highest BCUT2D eigenvalue weighted by Crippen LogP contribution is 2.25. The van der Waals surface area contributed by atoms with Crippen LogP contribution >= 0.6 is 0 Å². The van der Waals surface area contributed by atoms with Gasteiger partial charge in [0, 0.05) is 18.1 Å². The predicted molar refractivity (Wildman–Crippen MR) is 68.5 cm³/mol. The number of methoxy groups -OCH3 is 2.